The lowest BCUT2D eigenvalue weighted by atomic mass is 10.1. The summed E-state index contributed by atoms with van der Waals surface area (Å²) in [7, 11) is 1.24. The number of carbonyl (C=O) groups is 2. The van der Waals surface area contributed by atoms with E-state index in [9.17, 15) is 14.9 Å². The van der Waals surface area contributed by atoms with Crippen LogP contribution in [0.3, 0.4) is 0 Å². The van der Waals surface area contributed by atoms with E-state index < -0.39 is 5.97 Å². The molecule has 0 saturated heterocycles. The van der Waals surface area contributed by atoms with Gasteiger partial charge in [-0.3, -0.25) is 4.79 Å². The summed E-state index contributed by atoms with van der Waals surface area (Å²) in [6, 6.07) is 7.34. The fraction of sp³-hybridized carbons (Fsp3) is 0.278. The number of hydrogen-bond donors (Lipinski definition) is 2. The molecule has 0 aliphatic carbocycles. The Balaban J connectivity index is 2.70. The number of hydrogen-bond acceptors (Lipinski definition) is 5. The highest BCUT2D eigenvalue weighted by atomic mass is 16.5. The zero-order valence-electron chi connectivity index (χ0n) is 14.6. The van der Waals surface area contributed by atoms with Gasteiger partial charge in [-0.15, -0.1) is 0 Å². The summed E-state index contributed by atoms with van der Waals surface area (Å²) >= 11 is 0. The van der Waals surface area contributed by atoms with Crippen LogP contribution < -0.4 is 11.1 Å². The van der Waals surface area contributed by atoms with E-state index in [1.54, 1.807) is 26.0 Å². The summed E-state index contributed by atoms with van der Waals surface area (Å²) in [4.78, 5) is 24.3. The summed E-state index contributed by atoms with van der Waals surface area (Å²) in [5.41, 5.74) is 8.13. The number of nitrogens with one attached hydrogen (secondary N) is 1. The first-order chi connectivity index (χ1) is 11.8. The van der Waals surface area contributed by atoms with E-state index in [2.05, 4.69) is 5.32 Å². The Morgan fingerprint density at radius 2 is 2.04 bits per heavy atom. The van der Waals surface area contributed by atoms with Crippen LogP contribution >= 0.6 is 0 Å². The average Bonchev–Trinajstić information content (AvgIpc) is 2.91. The first-order valence-corrected chi connectivity index (χ1v) is 7.71. The molecule has 1 aromatic carbocycles. The fourth-order valence-corrected chi connectivity index (χ4v) is 2.33. The van der Waals surface area contributed by atoms with Gasteiger partial charge in [0.2, 0.25) is 5.91 Å². The number of nitrogens with zero attached hydrogens (tertiary/aromatic N) is 2. The molecule has 1 amide bonds. The Kier molecular flexibility index (Phi) is 5.13. The molecule has 1 heterocycles. The number of nitrogens with two attached hydrogens (primary N) is 1. The highest BCUT2D eigenvalue weighted by Gasteiger charge is 2.23. The molecule has 0 fully saturated rings. The summed E-state index contributed by atoms with van der Waals surface area (Å²) in [6.07, 6.45) is 1.46. The number of anilines is 2. The average molecular weight is 340 g/mol. The van der Waals surface area contributed by atoms with Gasteiger partial charge >= 0.3 is 5.97 Å². The van der Waals surface area contributed by atoms with E-state index in [1.807, 2.05) is 19.1 Å². The second-order valence-corrected chi connectivity index (χ2v) is 5.94. The molecule has 0 aliphatic rings. The third kappa shape index (κ3) is 3.48. The smallest absolute Gasteiger partial charge is 0.357 e. The molecule has 3 N–H and O–H groups in total. The second-order valence-electron chi connectivity index (χ2n) is 5.94. The molecule has 0 atom stereocenters. The van der Waals surface area contributed by atoms with Gasteiger partial charge in [0.25, 0.3) is 0 Å². The number of carbonyl (C=O) groups excluding carboxylic acids is 2. The minimum absolute atomic E-state index is 0.0389. The highest BCUT2D eigenvalue weighted by molar-refractivity contribution is 5.98. The van der Waals surface area contributed by atoms with Crippen molar-refractivity contribution in [2.24, 2.45) is 5.92 Å². The van der Waals surface area contributed by atoms with E-state index in [0.717, 1.165) is 5.56 Å². The van der Waals surface area contributed by atoms with Crippen molar-refractivity contribution in [2.75, 3.05) is 18.2 Å². The lowest BCUT2D eigenvalue weighted by molar-refractivity contribution is -0.118. The minimum Gasteiger partial charge on any atom is -0.464 e. The number of aryl methyl sites for hydroxylation is 1. The van der Waals surface area contributed by atoms with Gasteiger partial charge in [-0.25, -0.2) is 4.79 Å². The molecule has 2 aromatic rings. The van der Waals surface area contributed by atoms with Crippen LogP contribution in [0, 0.1) is 24.2 Å². The van der Waals surface area contributed by atoms with Gasteiger partial charge in [-0.2, -0.15) is 5.26 Å². The maximum absolute atomic E-state index is 12.2. The number of ether oxygens (including phenoxy) is 1. The van der Waals surface area contributed by atoms with Crippen LogP contribution in [-0.2, 0) is 9.53 Å². The van der Waals surface area contributed by atoms with E-state index in [-0.39, 0.29) is 28.8 Å². The monoisotopic (exact) mass is 340 g/mol. The molecule has 0 unspecified atom stereocenters. The number of benzene rings is 1. The van der Waals surface area contributed by atoms with Crippen LogP contribution in [0.15, 0.2) is 24.4 Å². The molecule has 0 spiro atoms. The summed E-state index contributed by atoms with van der Waals surface area (Å²) < 4.78 is 6.26. The number of nitrogen functional groups attached to an aromatic ring is 1. The van der Waals surface area contributed by atoms with Crippen molar-refractivity contribution in [3.8, 4) is 11.8 Å². The quantitative estimate of drug-likeness (QED) is 0.831. The molecule has 0 bridgehead atoms. The van der Waals surface area contributed by atoms with Gasteiger partial charge < -0.3 is 20.4 Å². The predicted octanol–water partition coefficient (Wildman–Crippen LogP) is 2.62. The molecule has 130 valence electrons. The molecule has 0 radical (unpaired) electrons. The third-order valence-electron chi connectivity index (χ3n) is 3.74. The zero-order valence-corrected chi connectivity index (χ0v) is 14.6. The summed E-state index contributed by atoms with van der Waals surface area (Å²) in [6.45, 7) is 5.45. The Bertz CT molecular complexity index is 875. The van der Waals surface area contributed by atoms with Crippen molar-refractivity contribution in [1.29, 1.82) is 5.26 Å². The molecule has 25 heavy (non-hydrogen) atoms. The van der Waals surface area contributed by atoms with E-state index in [0.29, 0.717) is 11.4 Å². The van der Waals surface area contributed by atoms with Crippen molar-refractivity contribution in [2.45, 2.75) is 20.8 Å². The van der Waals surface area contributed by atoms with E-state index in [1.165, 1.54) is 17.9 Å². The Morgan fingerprint density at radius 1 is 1.36 bits per heavy atom. The normalized spacial score (nSPS) is 10.4. The lowest BCUT2D eigenvalue weighted by Crippen LogP contribution is -2.20. The number of esters is 1. The van der Waals surface area contributed by atoms with E-state index >= 15 is 0 Å². The van der Waals surface area contributed by atoms with Crippen LogP contribution in [0.1, 0.15) is 35.5 Å². The number of nitriles is 1. The SMILES string of the molecule is COC(=O)c1c(N)c(C#N)cn1-c1cc(C)ccc1NC(=O)C(C)C. The Morgan fingerprint density at radius 3 is 2.60 bits per heavy atom. The number of rotatable bonds is 4. The highest BCUT2D eigenvalue weighted by Crippen LogP contribution is 2.29. The molecular weight excluding hydrogens is 320 g/mol. The van der Waals surface area contributed by atoms with Crippen LogP contribution in [0.5, 0.6) is 0 Å². The van der Waals surface area contributed by atoms with Gasteiger partial charge in [0, 0.05) is 12.1 Å². The van der Waals surface area contributed by atoms with Crippen LogP contribution in [0.25, 0.3) is 5.69 Å². The molecular formula is C18H20N4O3. The van der Waals surface area contributed by atoms with Gasteiger partial charge in [0.05, 0.1) is 29.7 Å². The molecule has 0 saturated carbocycles. The minimum atomic E-state index is -0.665. The van der Waals surface area contributed by atoms with Crippen LogP contribution in [0.4, 0.5) is 11.4 Å². The molecule has 7 heteroatoms. The van der Waals surface area contributed by atoms with Gasteiger partial charge in [-0.1, -0.05) is 19.9 Å². The lowest BCUT2D eigenvalue weighted by Gasteiger charge is -2.16. The van der Waals surface area contributed by atoms with E-state index in [4.69, 9.17) is 10.5 Å². The number of methoxy groups -OCH3 is 1. The zero-order chi connectivity index (χ0) is 18.7. The van der Waals surface area contributed by atoms with Gasteiger partial charge in [-0.05, 0) is 24.6 Å². The topological polar surface area (TPSA) is 110 Å². The first kappa shape index (κ1) is 18.1. The van der Waals surface area contributed by atoms with Gasteiger partial charge in [0.1, 0.15) is 6.07 Å². The second kappa shape index (κ2) is 7.09. The Hall–Kier alpha value is -3.27. The molecule has 2 rings (SSSR count). The van der Waals surface area contributed by atoms with Crippen molar-refractivity contribution in [1.82, 2.24) is 4.57 Å². The van der Waals surface area contributed by atoms with Crippen molar-refractivity contribution in [3.05, 3.63) is 41.2 Å². The summed E-state index contributed by atoms with van der Waals surface area (Å²) in [5, 5.41) is 12.1. The molecule has 1 aromatic heterocycles. The fourth-order valence-electron chi connectivity index (χ4n) is 2.33. The molecule has 0 aliphatic heterocycles. The van der Waals surface area contributed by atoms with Crippen LogP contribution in [-0.4, -0.2) is 23.6 Å². The third-order valence-corrected chi connectivity index (χ3v) is 3.74. The number of aromatic nitrogens is 1. The maximum atomic E-state index is 12.2. The first-order valence-electron chi connectivity index (χ1n) is 7.71. The maximum Gasteiger partial charge on any atom is 0.357 e. The largest absolute Gasteiger partial charge is 0.464 e. The standard InChI is InChI=1S/C18H20N4O3/c1-10(2)17(23)21-13-6-5-11(3)7-14(13)22-9-12(8-19)15(20)16(22)18(24)25-4/h5-7,9-10H,20H2,1-4H3,(H,21,23). The molecule has 7 nitrogen and oxygen atoms in total. The summed E-state index contributed by atoms with van der Waals surface area (Å²) in [5.74, 6) is -1.04. The number of amides is 1. The van der Waals surface area contributed by atoms with Gasteiger partial charge in [0.15, 0.2) is 5.69 Å². The van der Waals surface area contributed by atoms with Crippen molar-refractivity contribution >= 4 is 23.3 Å². The van der Waals surface area contributed by atoms with Crippen molar-refractivity contribution < 1.29 is 14.3 Å². The Labute approximate surface area is 146 Å². The van der Waals surface area contributed by atoms with Crippen LogP contribution in [0.2, 0.25) is 0 Å². The predicted molar refractivity (Wildman–Crippen MR) is 94.4 cm³/mol. The van der Waals surface area contributed by atoms with Crippen molar-refractivity contribution in [3.63, 3.8) is 0 Å².